The zero-order valence-corrected chi connectivity index (χ0v) is 12.1. The van der Waals surface area contributed by atoms with Gasteiger partial charge < -0.3 is 19.0 Å². The zero-order valence-electron chi connectivity index (χ0n) is 12.1. The van der Waals surface area contributed by atoms with Gasteiger partial charge in [0.2, 0.25) is 0 Å². The lowest BCUT2D eigenvalue weighted by molar-refractivity contribution is 0.00578. The molecule has 0 aromatic carbocycles. The first-order valence-corrected chi connectivity index (χ1v) is 6.24. The summed E-state index contributed by atoms with van der Waals surface area (Å²) in [4.78, 5) is 8.33. The van der Waals surface area contributed by atoms with Gasteiger partial charge in [0.05, 0.1) is 17.0 Å². The van der Waals surface area contributed by atoms with Crippen LogP contribution in [0.5, 0.6) is 0 Å². The molecular formula is C12H22BN3O2. The van der Waals surface area contributed by atoms with E-state index in [1.54, 1.807) is 0 Å². The van der Waals surface area contributed by atoms with E-state index in [-0.39, 0.29) is 18.5 Å². The molecule has 100 valence electrons. The van der Waals surface area contributed by atoms with Crippen LogP contribution in [0.15, 0.2) is 16.9 Å². The van der Waals surface area contributed by atoms with Crippen LogP contribution in [0.3, 0.4) is 0 Å². The molecule has 1 fully saturated rings. The van der Waals surface area contributed by atoms with E-state index in [1.807, 2.05) is 36.1 Å². The molecule has 5 nitrogen and oxygen atoms in total. The van der Waals surface area contributed by atoms with Gasteiger partial charge in [0.15, 0.2) is 0 Å². The van der Waals surface area contributed by atoms with Gasteiger partial charge in [-0.05, 0) is 33.8 Å². The van der Waals surface area contributed by atoms with E-state index in [2.05, 4.69) is 32.7 Å². The number of allylic oxidation sites excluding steroid dienone is 1. The van der Waals surface area contributed by atoms with Gasteiger partial charge in [-0.25, -0.2) is 0 Å². The van der Waals surface area contributed by atoms with E-state index in [1.165, 1.54) is 0 Å². The summed E-state index contributed by atoms with van der Waals surface area (Å²) in [6, 6.07) is 0. The SMILES string of the molecule is CN(C)C1=CC=NCN1B1OC(C)(C)C(C)(C)O1. The quantitative estimate of drug-likeness (QED) is 0.694. The Hall–Kier alpha value is -1.01. The number of rotatable bonds is 2. The normalized spacial score (nSPS) is 25.3. The molecule has 0 N–H and O–H groups in total. The molecule has 0 radical (unpaired) electrons. The Bertz CT molecular complexity index is 375. The molecule has 0 aliphatic carbocycles. The number of aliphatic imine (C=N–C) groups is 1. The van der Waals surface area contributed by atoms with Gasteiger partial charge in [-0.2, -0.15) is 0 Å². The number of hydrogen-bond acceptors (Lipinski definition) is 5. The first-order valence-electron chi connectivity index (χ1n) is 6.24. The van der Waals surface area contributed by atoms with Crippen molar-refractivity contribution in [3.63, 3.8) is 0 Å². The molecule has 0 spiro atoms. The standard InChI is InChI=1S/C12H22BN3O2/c1-11(2)12(3,4)18-13(17-11)16-9-14-8-7-10(16)15(5)6/h7-8H,9H2,1-6H3. The molecule has 1 saturated heterocycles. The van der Waals surface area contributed by atoms with Crippen LogP contribution in [0.1, 0.15) is 27.7 Å². The lowest BCUT2D eigenvalue weighted by Gasteiger charge is -2.33. The molecule has 2 aliphatic heterocycles. The Balaban J connectivity index is 2.19. The lowest BCUT2D eigenvalue weighted by atomic mass is 9.90. The average molecular weight is 251 g/mol. The zero-order chi connectivity index (χ0) is 13.6. The van der Waals surface area contributed by atoms with Crippen molar-refractivity contribution >= 4 is 13.5 Å². The highest BCUT2D eigenvalue weighted by molar-refractivity contribution is 6.42. The van der Waals surface area contributed by atoms with Crippen molar-refractivity contribution in [1.82, 2.24) is 9.71 Å². The Kier molecular flexibility index (Phi) is 3.19. The fourth-order valence-electron chi connectivity index (χ4n) is 1.94. The van der Waals surface area contributed by atoms with E-state index in [0.717, 1.165) is 5.82 Å². The minimum Gasteiger partial charge on any atom is -0.384 e. The first kappa shape index (κ1) is 13.4. The maximum Gasteiger partial charge on any atom is 0.596 e. The Morgan fingerprint density at radius 3 is 2.28 bits per heavy atom. The average Bonchev–Trinajstić information content (AvgIpc) is 2.48. The van der Waals surface area contributed by atoms with Crippen molar-refractivity contribution in [2.45, 2.75) is 38.9 Å². The molecule has 0 atom stereocenters. The Labute approximate surface area is 110 Å². The van der Waals surface area contributed by atoms with E-state index in [0.29, 0.717) is 6.67 Å². The third-order valence-corrected chi connectivity index (χ3v) is 3.81. The first-order chi connectivity index (χ1) is 8.24. The van der Waals surface area contributed by atoms with Crippen molar-refractivity contribution in [2.24, 2.45) is 4.99 Å². The van der Waals surface area contributed by atoms with Gasteiger partial charge in [-0.15, -0.1) is 0 Å². The number of hydrogen-bond donors (Lipinski definition) is 0. The summed E-state index contributed by atoms with van der Waals surface area (Å²) in [7, 11) is 3.62. The van der Waals surface area contributed by atoms with Crippen molar-refractivity contribution in [1.29, 1.82) is 0 Å². The van der Waals surface area contributed by atoms with Crippen LogP contribution in [-0.4, -0.2) is 55.1 Å². The van der Waals surface area contributed by atoms with E-state index >= 15 is 0 Å². The van der Waals surface area contributed by atoms with Crippen LogP contribution >= 0.6 is 0 Å². The van der Waals surface area contributed by atoms with E-state index in [4.69, 9.17) is 9.31 Å². The predicted octanol–water partition coefficient (Wildman–Crippen LogP) is 1.32. The minimum atomic E-state index is -0.388. The smallest absolute Gasteiger partial charge is 0.384 e. The largest absolute Gasteiger partial charge is 0.596 e. The van der Waals surface area contributed by atoms with Crippen molar-refractivity contribution in [2.75, 3.05) is 20.8 Å². The van der Waals surface area contributed by atoms with Crippen LogP contribution in [0, 0.1) is 0 Å². The highest BCUT2D eigenvalue weighted by Crippen LogP contribution is 2.38. The van der Waals surface area contributed by atoms with E-state index < -0.39 is 0 Å². The lowest BCUT2D eigenvalue weighted by Crippen LogP contribution is -2.46. The maximum absolute atomic E-state index is 6.05. The molecule has 0 saturated carbocycles. The van der Waals surface area contributed by atoms with Crippen LogP contribution in [-0.2, 0) is 9.31 Å². The van der Waals surface area contributed by atoms with Crippen molar-refractivity contribution in [3.05, 3.63) is 11.9 Å². The summed E-state index contributed by atoms with van der Waals surface area (Å²) in [5.74, 6) is 1.04. The topological polar surface area (TPSA) is 37.3 Å². The molecule has 6 heteroatoms. The minimum absolute atomic E-state index is 0.323. The summed E-state index contributed by atoms with van der Waals surface area (Å²) in [6.07, 6.45) is 3.78. The molecule has 18 heavy (non-hydrogen) atoms. The van der Waals surface area contributed by atoms with Gasteiger partial charge in [0.1, 0.15) is 6.67 Å². The van der Waals surface area contributed by atoms with Crippen LogP contribution in [0.2, 0.25) is 0 Å². The van der Waals surface area contributed by atoms with Gasteiger partial charge >= 0.3 is 7.25 Å². The summed E-state index contributed by atoms with van der Waals surface area (Å²) in [5, 5.41) is 0. The van der Waals surface area contributed by atoms with Gasteiger partial charge in [0.25, 0.3) is 0 Å². The fourth-order valence-corrected chi connectivity index (χ4v) is 1.94. The molecule has 0 aromatic heterocycles. The second-order valence-corrected chi connectivity index (χ2v) is 5.93. The second kappa shape index (κ2) is 4.28. The maximum atomic E-state index is 6.05. The fraction of sp³-hybridized carbons (Fsp3) is 0.750. The van der Waals surface area contributed by atoms with Crippen LogP contribution in [0.4, 0.5) is 0 Å². The molecule has 2 heterocycles. The molecule has 0 unspecified atom stereocenters. The summed E-state index contributed by atoms with van der Waals surface area (Å²) >= 11 is 0. The van der Waals surface area contributed by atoms with Crippen LogP contribution < -0.4 is 0 Å². The Morgan fingerprint density at radius 2 is 1.78 bits per heavy atom. The Morgan fingerprint density at radius 1 is 1.22 bits per heavy atom. The molecule has 0 amide bonds. The second-order valence-electron chi connectivity index (χ2n) is 5.93. The third kappa shape index (κ3) is 2.15. The molecule has 2 aliphatic rings. The van der Waals surface area contributed by atoms with Gasteiger partial charge in [-0.3, -0.25) is 4.99 Å². The van der Waals surface area contributed by atoms with Gasteiger partial charge in [0, 0.05) is 20.3 Å². The van der Waals surface area contributed by atoms with Crippen LogP contribution in [0.25, 0.3) is 0 Å². The monoisotopic (exact) mass is 251 g/mol. The highest BCUT2D eigenvalue weighted by atomic mass is 16.7. The molecular weight excluding hydrogens is 229 g/mol. The summed E-state index contributed by atoms with van der Waals surface area (Å²) < 4.78 is 12.1. The number of nitrogens with zero attached hydrogens (tertiary/aromatic N) is 3. The van der Waals surface area contributed by atoms with E-state index in [9.17, 15) is 0 Å². The van der Waals surface area contributed by atoms with Crippen molar-refractivity contribution in [3.8, 4) is 0 Å². The van der Waals surface area contributed by atoms with Gasteiger partial charge in [-0.1, -0.05) is 0 Å². The molecule has 0 bridgehead atoms. The molecule has 2 rings (SSSR count). The molecule has 0 aromatic rings. The summed E-state index contributed by atoms with van der Waals surface area (Å²) in [5.41, 5.74) is -0.646. The predicted molar refractivity (Wildman–Crippen MR) is 73.1 cm³/mol. The summed E-state index contributed by atoms with van der Waals surface area (Å²) in [6.45, 7) is 8.78. The highest BCUT2D eigenvalue weighted by Gasteiger charge is 2.54. The third-order valence-electron chi connectivity index (χ3n) is 3.81. The van der Waals surface area contributed by atoms with Crippen molar-refractivity contribution < 1.29 is 9.31 Å².